The van der Waals surface area contributed by atoms with Gasteiger partial charge in [0.1, 0.15) is 47.6 Å². The molecule has 366 valence electrons. The fourth-order valence-electron chi connectivity index (χ4n) is 8.47. The summed E-state index contributed by atoms with van der Waals surface area (Å²) in [7, 11) is 5.94. The second kappa shape index (κ2) is 25.5. The molecule has 2 aliphatic rings. The molecule has 0 aliphatic carbocycles. The average Bonchev–Trinajstić information content (AvgIpc) is 3.63. The van der Waals surface area contributed by atoms with Crippen molar-refractivity contribution in [1.82, 2.24) is 10.6 Å². The van der Waals surface area contributed by atoms with Gasteiger partial charge in [-0.3, -0.25) is 24.0 Å². The lowest BCUT2D eigenvalue weighted by Crippen LogP contribution is -2.66. The van der Waals surface area contributed by atoms with E-state index in [0.717, 1.165) is 30.5 Å². The molecule has 2 amide bonds. The summed E-state index contributed by atoms with van der Waals surface area (Å²) in [6, 6.07) is 24.1. The van der Waals surface area contributed by atoms with Crippen molar-refractivity contribution in [2.24, 2.45) is 0 Å². The Morgan fingerprint density at radius 2 is 1.28 bits per heavy atom. The highest BCUT2D eigenvalue weighted by Gasteiger charge is 2.52. The normalized spacial score (nSPS) is 23.7. The highest BCUT2D eigenvalue weighted by molar-refractivity contribution is 5.76. The maximum atomic E-state index is 12.9. The number of carbonyl (C=O) groups excluding carboxylic acids is 5. The number of hydrogen-bond acceptors (Lipinski definition) is 16. The number of ether oxygens (including phenoxy) is 10. The van der Waals surface area contributed by atoms with E-state index in [1.54, 1.807) is 14.2 Å². The lowest BCUT2D eigenvalue weighted by Gasteiger charge is -2.45. The quantitative estimate of drug-likeness (QED) is 0.0502. The molecule has 2 aliphatic heterocycles. The van der Waals surface area contributed by atoms with Crippen LogP contribution in [0.2, 0.25) is 0 Å². The molecule has 18 nitrogen and oxygen atoms in total. The number of unbranched alkanes of at least 4 members (excludes halogenated alkanes) is 1. The summed E-state index contributed by atoms with van der Waals surface area (Å²) in [6.45, 7) is 4.00. The van der Waals surface area contributed by atoms with Crippen LogP contribution in [-0.2, 0) is 67.5 Å². The zero-order valence-corrected chi connectivity index (χ0v) is 39.1. The molecule has 2 saturated heterocycles. The summed E-state index contributed by atoms with van der Waals surface area (Å²) in [4.78, 5) is 61.5. The predicted octanol–water partition coefficient (Wildman–Crippen LogP) is 3.90. The van der Waals surface area contributed by atoms with Crippen LogP contribution >= 0.6 is 0 Å². The van der Waals surface area contributed by atoms with E-state index in [1.807, 2.05) is 78.9 Å². The van der Waals surface area contributed by atoms with Crippen molar-refractivity contribution in [3.8, 4) is 11.5 Å². The smallest absolute Gasteiger partial charge is 0.308 e. The number of methoxy groups -OCH3 is 4. The molecule has 3 aromatic carbocycles. The average molecular weight is 937 g/mol. The molecule has 2 fully saturated rings. The van der Waals surface area contributed by atoms with Crippen LogP contribution in [0.1, 0.15) is 76.0 Å². The van der Waals surface area contributed by atoms with E-state index in [1.165, 1.54) is 21.1 Å². The van der Waals surface area contributed by atoms with E-state index in [9.17, 15) is 29.1 Å². The topological polar surface area (TPSA) is 222 Å². The van der Waals surface area contributed by atoms with Crippen molar-refractivity contribution in [3.63, 3.8) is 0 Å². The summed E-state index contributed by atoms with van der Waals surface area (Å²) in [5, 5.41) is 17.1. The molecular weight excluding hydrogens is 873 g/mol. The number of rotatable bonds is 24. The summed E-state index contributed by atoms with van der Waals surface area (Å²) >= 11 is 0. The Morgan fingerprint density at radius 3 is 1.84 bits per heavy atom. The SMILES string of the molecule is COC(=O)C[C@H]1O[C@@H](OCCCCC(=O)NCCC[C@@H]2O[C@H](COC(c3ccccc3)(c3ccc(OC)cc3)c3ccc(OC)cc3)[C@@H](O)[C@H]2OC)[C@H](NC(C)=O)[C@@H](OC(C)=O)[C@@H]1OC(C)=O. The van der Waals surface area contributed by atoms with Gasteiger partial charge in [0.25, 0.3) is 0 Å². The van der Waals surface area contributed by atoms with Crippen LogP contribution in [0.5, 0.6) is 11.5 Å². The third kappa shape index (κ3) is 14.0. The molecule has 0 bridgehead atoms. The number of amides is 2. The highest BCUT2D eigenvalue weighted by Crippen LogP contribution is 2.43. The van der Waals surface area contributed by atoms with E-state index >= 15 is 0 Å². The van der Waals surface area contributed by atoms with E-state index in [-0.39, 0.29) is 32.0 Å². The fraction of sp³-hybridized carbons (Fsp3) is 0.531. The predicted molar refractivity (Wildman–Crippen MR) is 240 cm³/mol. The molecular formula is C49H64N2O16. The number of carbonyl (C=O) groups is 5. The minimum absolute atomic E-state index is 0.0152. The Labute approximate surface area is 391 Å². The monoisotopic (exact) mass is 936 g/mol. The van der Waals surface area contributed by atoms with Crippen molar-refractivity contribution in [1.29, 1.82) is 0 Å². The first-order valence-electron chi connectivity index (χ1n) is 22.3. The number of nitrogens with one attached hydrogen (secondary N) is 2. The zero-order chi connectivity index (χ0) is 48.5. The van der Waals surface area contributed by atoms with Gasteiger partial charge in [-0.05, 0) is 66.6 Å². The standard InChI is InChI=1S/C49H64N2O16/c1-30(52)51-43-47(65-32(3)54)46(64-31(2)53)39(28-42(56)60-6)67-48(43)62-27-12-11-17-41(55)50-26-13-16-38-45(61-7)44(57)40(66-38)29-63-49(33-14-9-8-10-15-33,34-18-22-36(58-4)23-19-34)35-20-24-37(59-5)25-21-35/h8-10,14-15,18-25,38-40,43-48,57H,11-13,16-17,26-29H2,1-7H3,(H,50,55)(H,51,52)/t38-,39+,40+,43+,44+,45-,46+,47+,48+/m0/s1. The van der Waals surface area contributed by atoms with Crippen LogP contribution in [0, 0.1) is 0 Å². The second-order valence-electron chi connectivity index (χ2n) is 16.2. The minimum atomic E-state index is -1.26. The molecule has 67 heavy (non-hydrogen) atoms. The Morgan fingerprint density at radius 1 is 0.687 bits per heavy atom. The van der Waals surface area contributed by atoms with Gasteiger partial charge in [-0.25, -0.2) is 0 Å². The molecule has 3 aromatic rings. The first kappa shape index (κ1) is 52.3. The largest absolute Gasteiger partial charge is 0.497 e. The summed E-state index contributed by atoms with van der Waals surface area (Å²) in [6.07, 6.45) is -6.02. The van der Waals surface area contributed by atoms with Crippen molar-refractivity contribution in [2.45, 2.75) is 120 Å². The minimum Gasteiger partial charge on any atom is -0.497 e. The molecule has 0 spiro atoms. The number of hydrogen-bond donors (Lipinski definition) is 3. The van der Waals surface area contributed by atoms with Crippen molar-refractivity contribution in [2.75, 3.05) is 48.2 Å². The molecule has 3 N–H and O–H groups in total. The van der Waals surface area contributed by atoms with Gasteiger partial charge in [0.15, 0.2) is 18.5 Å². The van der Waals surface area contributed by atoms with Gasteiger partial charge in [-0.2, -0.15) is 0 Å². The lowest BCUT2D eigenvalue weighted by molar-refractivity contribution is -0.272. The van der Waals surface area contributed by atoms with E-state index in [0.29, 0.717) is 43.7 Å². The Bertz CT molecular complexity index is 2000. The molecule has 0 aromatic heterocycles. The Hall–Kier alpha value is -5.63. The fourth-order valence-corrected chi connectivity index (χ4v) is 8.47. The summed E-state index contributed by atoms with van der Waals surface area (Å²) < 4.78 is 57.8. The van der Waals surface area contributed by atoms with E-state index in [2.05, 4.69) is 10.6 Å². The molecule has 5 rings (SSSR count). The number of esters is 3. The van der Waals surface area contributed by atoms with Gasteiger partial charge >= 0.3 is 17.9 Å². The second-order valence-corrected chi connectivity index (χ2v) is 16.2. The van der Waals surface area contributed by atoms with Crippen LogP contribution < -0.4 is 20.1 Å². The maximum Gasteiger partial charge on any atom is 0.308 e. The van der Waals surface area contributed by atoms with Gasteiger partial charge in [-0.1, -0.05) is 54.6 Å². The highest BCUT2D eigenvalue weighted by atomic mass is 16.7. The van der Waals surface area contributed by atoms with Gasteiger partial charge < -0.3 is 63.1 Å². The number of aliphatic hydroxyl groups is 1. The van der Waals surface area contributed by atoms with Crippen molar-refractivity contribution < 1.29 is 76.4 Å². The first-order chi connectivity index (χ1) is 32.2. The molecule has 0 radical (unpaired) electrons. The van der Waals surface area contributed by atoms with Gasteiger partial charge in [0.05, 0.1) is 40.5 Å². The van der Waals surface area contributed by atoms with Crippen LogP contribution in [0.3, 0.4) is 0 Å². The molecule has 18 heteroatoms. The molecule has 0 unspecified atom stereocenters. The first-order valence-corrected chi connectivity index (χ1v) is 22.3. The third-order valence-electron chi connectivity index (χ3n) is 11.6. The van der Waals surface area contributed by atoms with E-state index in [4.69, 9.17) is 47.4 Å². The summed E-state index contributed by atoms with van der Waals surface area (Å²) in [5.74, 6) is -1.42. The number of aliphatic hydroxyl groups excluding tert-OH is 1. The Kier molecular flexibility index (Phi) is 19.9. The zero-order valence-electron chi connectivity index (χ0n) is 39.1. The molecule has 2 heterocycles. The van der Waals surface area contributed by atoms with Crippen LogP contribution in [0.15, 0.2) is 78.9 Å². The van der Waals surface area contributed by atoms with Crippen LogP contribution in [0.4, 0.5) is 0 Å². The third-order valence-corrected chi connectivity index (χ3v) is 11.6. The molecule has 9 atom stereocenters. The molecule has 0 saturated carbocycles. The van der Waals surface area contributed by atoms with Gasteiger partial charge in [0.2, 0.25) is 11.8 Å². The van der Waals surface area contributed by atoms with Crippen molar-refractivity contribution >= 4 is 29.7 Å². The van der Waals surface area contributed by atoms with Crippen molar-refractivity contribution in [3.05, 3.63) is 95.6 Å². The van der Waals surface area contributed by atoms with Gasteiger partial charge in [0, 0.05) is 47.5 Å². The van der Waals surface area contributed by atoms with E-state index < -0.39 is 84.5 Å². The summed E-state index contributed by atoms with van der Waals surface area (Å²) in [5.41, 5.74) is 1.43. The van der Waals surface area contributed by atoms with Crippen LogP contribution in [0.25, 0.3) is 0 Å². The van der Waals surface area contributed by atoms with Gasteiger partial charge in [-0.15, -0.1) is 0 Å². The lowest BCUT2D eigenvalue weighted by atomic mass is 9.80. The Balaban J connectivity index is 1.14. The van der Waals surface area contributed by atoms with Crippen LogP contribution in [-0.4, -0.2) is 138 Å². The number of benzene rings is 3. The maximum absolute atomic E-state index is 12.9.